The maximum absolute atomic E-state index is 3.62. The minimum atomic E-state index is 0.476. The fraction of sp³-hybridized carbons (Fsp3) is 1.00. The van der Waals surface area contributed by atoms with Crippen LogP contribution < -0.4 is 5.32 Å². The molecule has 1 rings (SSSR count). The highest BCUT2D eigenvalue weighted by atomic mass is 15.2. The molecule has 0 aromatic rings. The summed E-state index contributed by atoms with van der Waals surface area (Å²) in [6.07, 6.45) is 3.90. The highest BCUT2D eigenvalue weighted by Gasteiger charge is 2.17. The first-order valence-corrected chi connectivity index (χ1v) is 6.47. The number of nitrogens with one attached hydrogen (secondary N) is 1. The van der Waals surface area contributed by atoms with Gasteiger partial charge in [-0.3, -0.25) is 0 Å². The zero-order valence-electron chi connectivity index (χ0n) is 11.0. The molecule has 1 saturated heterocycles. The molecule has 0 aromatic heterocycles. The Bertz CT molecular complexity index is 172. The maximum Gasteiger partial charge on any atom is 0.0107 e. The van der Waals surface area contributed by atoms with Crippen LogP contribution in [0.15, 0.2) is 0 Å². The molecule has 0 aliphatic carbocycles. The molecule has 90 valence electrons. The van der Waals surface area contributed by atoms with E-state index < -0.39 is 0 Å². The van der Waals surface area contributed by atoms with Crippen molar-refractivity contribution in [2.45, 2.75) is 53.0 Å². The normalized spacial score (nSPS) is 25.2. The second-order valence-corrected chi connectivity index (χ2v) is 6.00. The van der Waals surface area contributed by atoms with Crippen LogP contribution in [-0.4, -0.2) is 37.1 Å². The summed E-state index contributed by atoms with van der Waals surface area (Å²) in [5.74, 6) is 0. The van der Waals surface area contributed by atoms with E-state index in [1.807, 2.05) is 0 Å². The van der Waals surface area contributed by atoms with E-state index in [1.54, 1.807) is 0 Å². The molecule has 1 atom stereocenters. The molecule has 0 amide bonds. The van der Waals surface area contributed by atoms with Gasteiger partial charge in [-0.15, -0.1) is 0 Å². The minimum Gasteiger partial charge on any atom is -0.313 e. The summed E-state index contributed by atoms with van der Waals surface area (Å²) in [4.78, 5) is 2.62. The first-order valence-electron chi connectivity index (χ1n) is 6.47. The van der Waals surface area contributed by atoms with Crippen molar-refractivity contribution in [3.05, 3.63) is 0 Å². The van der Waals surface area contributed by atoms with Gasteiger partial charge in [0.2, 0.25) is 0 Å². The fourth-order valence-electron chi connectivity index (χ4n) is 2.04. The Morgan fingerprint density at radius 2 is 2.00 bits per heavy atom. The van der Waals surface area contributed by atoms with E-state index in [4.69, 9.17) is 0 Å². The van der Waals surface area contributed by atoms with Gasteiger partial charge in [0.05, 0.1) is 0 Å². The molecule has 1 fully saturated rings. The van der Waals surface area contributed by atoms with E-state index in [2.05, 4.69) is 37.9 Å². The molecule has 1 heterocycles. The monoisotopic (exact) mass is 212 g/mol. The van der Waals surface area contributed by atoms with Crippen molar-refractivity contribution in [2.75, 3.05) is 26.2 Å². The lowest BCUT2D eigenvalue weighted by molar-refractivity contribution is 0.237. The smallest absolute Gasteiger partial charge is 0.0107 e. The third kappa shape index (κ3) is 5.53. The lowest BCUT2D eigenvalue weighted by atomic mass is 9.92. The molecule has 2 heteroatoms. The van der Waals surface area contributed by atoms with Gasteiger partial charge in [-0.05, 0) is 37.8 Å². The summed E-state index contributed by atoms with van der Waals surface area (Å²) in [5.41, 5.74) is 0.476. The standard InChI is InChI=1S/C13H28N2/c1-5-12-6-9-15(11-8-14-12)10-7-13(2,3)4/h12,14H,5-11H2,1-4H3. The van der Waals surface area contributed by atoms with Crippen LogP contribution in [0.1, 0.15) is 47.0 Å². The molecule has 0 saturated carbocycles. The molecule has 15 heavy (non-hydrogen) atoms. The van der Waals surface area contributed by atoms with Crippen molar-refractivity contribution in [1.29, 1.82) is 0 Å². The first kappa shape index (κ1) is 13.0. The summed E-state index contributed by atoms with van der Waals surface area (Å²) >= 11 is 0. The second-order valence-electron chi connectivity index (χ2n) is 6.00. The lowest BCUT2D eigenvalue weighted by Crippen LogP contribution is -2.31. The molecular weight excluding hydrogens is 184 g/mol. The van der Waals surface area contributed by atoms with E-state index in [1.165, 1.54) is 45.4 Å². The Labute approximate surface area is 95.4 Å². The van der Waals surface area contributed by atoms with Crippen LogP contribution in [0, 0.1) is 5.41 Å². The first-order chi connectivity index (χ1) is 7.01. The van der Waals surface area contributed by atoms with E-state index in [0.29, 0.717) is 5.41 Å². The van der Waals surface area contributed by atoms with Crippen molar-refractivity contribution >= 4 is 0 Å². The molecule has 1 N–H and O–H groups in total. The summed E-state index contributed by atoms with van der Waals surface area (Å²) < 4.78 is 0. The molecule has 0 radical (unpaired) electrons. The Balaban J connectivity index is 2.25. The van der Waals surface area contributed by atoms with Gasteiger partial charge in [0.15, 0.2) is 0 Å². The minimum absolute atomic E-state index is 0.476. The fourth-order valence-corrected chi connectivity index (χ4v) is 2.04. The Morgan fingerprint density at radius 1 is 1.27 bits per heavy atom. The third-order valence-electron chi connectivity index (χ3n) is 3.33. The predicted molar refractivity (Wildman–Crippen MR) is 67.2 cm³/mol. The van der Waals surface area contributed by atoms with Gasteiger partial charge in [-0.25, -0.2) is 0 Å². The Kier molecular flexibility index (Phi) is 5.07. The Hall–Kier alpha value is -0.0800. The quantitative estimate of drug-likeness (QED) is 0.773. The summed E-state index contributed by atoms with van der Waals surface area (Å²) in [5, 5.41) is 3.62. The van der Waals surface area contributed by atoms with Crippen LogP contribution in [0.25, 0.3) is 0 Å². The topological polar surface area (TPSA) is 15.3 Å². The molecule has 1 aliphatic heterocycles. The van der Waals surface area contributed by atoms with Gasteiger partial charge in [-0.1, -0.05) is 27.7 Å². The van der Waals surface area contributed by atoms with E-state index in [0.717, 1.165) is 6.04 Å². The number of rotatable bonds is 3. The van der Waals surface area contributed by atoms with Gasteiger partial charge in [0, 0.05) is 19.1 Å². The molecular formula is C13H28N2. The van der Waals surface area contributed by atoms with E-state index in [-0.39, 0.29) is 0 Å². The van der Waals surface area contributed by atoms with Crippen LogP contribution in [0.3, 0.4) is 0 Å². The highest BCUT2D eigenvalue weighted by molar-refractivity contribution is 4.75. The van der Waals surface area contributed by atoms with Gasteiger partial charge < -0.3 is 10.2 Å². The molecule has 0 aromatic carbocycles. The van der Waals surface area contributed by atoms with Crippen LogP contribution in [0.4, 0.5) is 0 Å². The van der Waals surface area contributed by atoms with Gasteiger partial charge >= 0.3 is 0 Å². The van der Waals surface area contributed by atoms with Gasteiger partial charge in [0.25, 0.3) is 0 Å². The maximum atomic E-state index is 3.62. The highest BCUT2D eigenvalue weighted by Crippen LogP contribution is 2.19. The van der Waals surface area contributed by atoms with Gasteiger partial charge in [-0.2, -0.15) is 0 Å². The average molecular weight is 212 g/mol. The number of hydrogen-bond acceptors (Lipinski definition) is 2. The van der Waals surface area contributed by atoms with Crippen LogP contribution in [-0.2, 0) is 0 Å². The van der Waals surface area contributed by atoms with Crippen LogP contribution in [0.5, 0.6) is 0 Å². The van der Waals surface area contributed by atoms with Crippen LogP contribution >= 0.6 is 0 Å². The van der Waals surface area contributed by atoms with Gasteiger partial charge in [0.1, 0.15) is 0 Å². The second kappa shape index (κ2) is 5.86. The summed E-state index contributed by atoms with van der Waals surface area (Å²) in [7, 11) is 0. The lowest BCUT2D eigenvalue weighted by Gasteiger charge is -2.25. The van der Waals surface area contributed by atoms with Crippen LogP contribution in [0.2, 0.25) is 0 Å². The summed E-state index contributed by atoms with van der Waals surface area (Å²) in [6.45, 7) is 14.2. The van der Waals surface area contributed by atoms with Crippen molar-refractivity contribution < 1.29 is 0 Å². The Morgan fingerprint density at radius 3 is 2.60 bits per heavy atom. The zero-order chi connectivity index (χ0) is 11.3. The van der Waals surface area contributed by atoms with Crippen molar-refractivity contribution in [1.82, 2.24) is 10.2 Å². The molecule has 0 spiro atoms. The zero-order valence-corrected chi connectivity index (χ0v) is 11.0. The van der Waals surface area contributed by atoms with Crippen molar-refractivity contribution in [2.24, 2.45) is 5.41 Å². The van der Waals surface area contributed by atoms with Crippen molar-refractivity contribution in [3.63, 3.8) is 0 Å². The number of nitrogens with zero attached hydrogens (tertiary/aromatic N) is 1. The number of hydrogen-bond donors (Lipinski definition) is 1. The van der Waals surface area contributed by atoms with E-state index >= 15 is 0 Å². The molecule has 0 bridgehead atoms. The third-order valence-corrected chi connectivity index (χ3v) is 3.33. The van der Waals surface area contributed by atoms with E-state index in [9.17, 15) is 0 Å². The molecule has 1 aliphatic rings. The SMILES string of the molecule is CCC1CCN(CCC(C)(C)C)CCN1. The van der Waals surface area contributed by atoms with Crippen molar-refractivity contribution in [3.8, 4) is 0 Å². The summed E-state index contributed by atoms with van der Waals surface area (Å²) in [6, 6.07) is 0.754. The molecule has 2 nitrogen and oxygen atoms in total. The largest absolute Gasteiger partial charge is 0.313 e. The predicted octanol–water partition coefficient (Wildman–Crippen LogP) is 2.50. The average Bonchev–Trinajstić information content (AvgIpc) is 2.38. The molecule has 1 unspecified atom stereocenters.